The maximum atomic E-state index is 5.78. The first kappa shape index (κ1) is 11.2. The summed E-state index contributed by atoms with van der Waals surface area (Å²) in [5, 5.41) is 0. The lowest BCUT2D eigenvalue weighted by Crippen LogP contribution is -2.42. The smallest absolute Gasteiger partial charge is 0.0273 e. The lowest BCUT2D eigenvalue weighted by Gasteiger charge is -2.22. The number of benzene rings is 1. The number of nitrogens with two attached hydrogens (primary N) is 1. The minimum absolute atomic E-state index is 0.544. The standard InChI is InChI=1S/C15H22N2/c16-17-15(12-8-4-5-9-12)14-10-13(14)11-6-2-1-3-7-11/h1-3,6-7,12-15,17H,4-5,8-10,16H2. The highest BCUT2D eigenvalue weighted by Crippen LogP contribution is 2.52. The van der Waals surface area contributed by atoms with Gasteiger partial charge in [-0.25, -0.2) is 0 Å². The van der Waals surface area contributed by atoms with Crippen LogP contribution in [0.3, 0.4) is 0 Å². The van der Waals surface area contributed by atoms with E-state index in [9.17, 15) is 0 Å². The molecule has 3 unspecified atom stereocenters. The molecule has 2 aliphatic rings. The molecule has 0 bridgehead atoms. The zero-order valence-corrected chi connectivity index (χ0v) is 10.3. The van der Waals surface area contributed by atoms with Gasteiger partial charge in [-0.2, -0.15) is 0 Å². The Bertz CT molecular complexity index is 356. The molecule has 2 nitrogen and oxygen atoms in total. The van der Waals surface area contributed by atoms with Crippen molar-refractivity contribution >= 4 is 0 Å². The molecule has 0 amide bonds. The molecule has 3 N–H and O–H groups in total. The van der Waals surface area contributed by atoms with E-state index in [1.807, 2.05) is 0 Å². The molecule has 1 aromatic rings. The van der Waals surface area contributed by atoms with Crippen LogP contribution in [0.4, 0.5) is 0 Å². The van der Waals surface area contributed by atoms with E-state index in [4.69, 9.17) is 5.84 Å². The lowest BCUT2D eigenvalue weighted by molar-refractivity contribution is 0.325. The van der Waals surface area contributed by atoms with Crippen LogP contribution in [0.2, 0.25) is 0 Å². The summed E-state index contributed by atoms with van der Waals surface area (Å²) in [5.74, 6) is 8.12. The van der Waals surface area contributed by atoms with Crippen LogP contribution < -0.4 is 11.3 Å². The van der Waals surface area contributed by atoms with E-state index in [0.717, 1.165) is 17.8 Å². The van der Waals surface area contributed by atoms with Crippen LogP contribution in [0, 0.1) is 11.8 Å². The molecule has 0 aliphatic heterocycles. The van der Waals surface area contributed by atoms with Gasteiger partial charge in [-0.15, -0.1) is 0 Å². The Balaban J connectivity index is 1.66. The monoisotopic (exact) mass is 230 g/mol. The summed E-state index contributed by atoms with van der Waals surface area (Å²) in [6.45, 7) is 0. The Labute approximate surface area is 104 Å². The summed E-state index contributed by atoms with van der Waals surface area (Å²) >= 11 is 0. The van der Waals surface area contributed by atoms with Gasteiger partial charge in [-0.05, 0) is 42.6 Å². The fourth-order valence-corrected chi connectivity index (χ4v) is 3.62. The Hall–Kier alpha value is -0.860. The fourth-order valence-electron chi connectivity index (χ4n) is 3.62. The topological polar surface area (TPSA) is 38.0 Å². The van der Waals surface area contributed by atoms with E-state index in [1.165, 1.54) is 37.7 Å². The maximum absolute atomic E-state index is 5.78. The normalized spacial score (nSPS) is 30.4. The van der Waals surface area contributed by atoms with Gasteiger partial charge in [0.1, 0.15) is 0 Å². The van der Waals surface area contributed by atoms with E-state index >= 15 is 0 Å². The van der Waals surface area contributed by atoms with Gasteiger partial charge >= 0.3 is 0 Å². The molecule has 3 atom stereocenters. The molecule has 2 saturated carbocycles. The van der Waals surface area contributed by atoms with E-state index in [-0.39, 0.29) is 0 Å². The molecule has 3 rings (SSSR count). The van der Waals surface area contributed by atoms with Gasteiger partial charge in [0.2, 0.25) is 0 Å². The van der Waals surface area contributed by atoms with Crippen molar-refractivity contribution in [2.75, 3.05) is 0 Å². The quantitative estimate of drug-likeness (QED) is 0.616. The molecule has 2 heteroatoms. The van der Waals surface area contributed by atoms with Crippen molar-refractivity contribution in [1.29, 1.82) is 0 Å². The Morgan fingerprint density at radius 3 is 2.47 bits per heavy atom. The second kappa shape index (κ2) is 4.79. The molecular weight excluding hydrogens is 208 g/mol. The predicted octanol–water partition coefficient (Wildman–Crippen LogP) is 2.81. The van der Waals surface area contributed by atoms with Crippen molar-refractivity contribution in [3.63, 3.8) is 0 Å². The highest BCUT2D eigenvalue weighted by Gasteiger charge is 2.46. The number of nitrogens with one attached hydrogen (secondary N) is 1. The molecule has 92 valence electrons. The van der Waals surface area contributed by atoms with Crippen molar-refractivity contribution in [2.24, 2.45) is 17.7 Å². The second-order valence-electron chi connectivity index (χ2n) is 5.65. The molecule has 0 radical (unpaired) electrons. The predicted molar refractivity (Wildman–Crippen MR) is 70.4 cm³/mol. The number of rotatable bonds is 4. The van der Waals surface area contributed by atoms with Crippen LogP contribution in [0.15, 0.2) is 30.3 Å². The highest BCUT2D eigenvalue weighted by molar-refractivity contribution is 5.26. The SMILES string of the molecule is NNC(C1CCCC1)C1CC1c1ccccc1. The molecule has 0 saturated heterocycles. The van der Waals surface area contributed by atoms with Gasteiger partial charge in [0.15, 0.2) is 0 Å². The van der Waals surface area contributed by atoms with Gasteiger partial charge in [0.25, 0.3) is 0 Å². The first-order valence-electron chi connectivity index (χ1n) is 6.91. The molecular formula is C15H22N2. The van der Waals surface area contributed by atoms with E-state index in [1.54, 1.807) is 0 Å². The minimum atomic E-state index is 0.544. The van der Waals surface area contributed by atoms with Gasteiger partial charge in [0, 0.05) is 6.04 Å². The van der Waals surface area contributed by atoms with Crippen molar-refractivity contribution in [3.05, 3.63) is 35.9 Å². The van der Waals surface area contributed by atoms with Crippen molar-refractivity contribution in [3.8, 4) is 0 Å². The minimum Gasteiger partial charge on any atom is -0.271 e. The van der Waals surface area contributed by atoms with Crippen LogP contribution in [-0.4, -0.2) is 6.04 Å². The summed E-state index contributed by atoms with van der Waals surface area (Å²) in [7, 11) is 0. The lowest BCUT2D eigenvalue weighted by atomic mass is 9.92. The van der Waals surface area contributed by atoms with Gasteiger partial charge < -0.3 is 0 Å². The average molecular weight is 230 g/mol. The zero-order valence-electron chi connectivity index (χ0n) is 10.3. The molecule has 2 fully saturated rings. The van der Waals surface area contributed by atoms with Crippen LogP contribution >= 0.6 is 0 Å². The van der Waals surface area contributed by atoms with E-state index in [0.29, 0.717) is 6.04 Å². The van der Waals surface area contributed by atoms with Crippen molar-refractivity contribution in [1.82, 2.24) is 5.43 Å². The molecule has 2 aliphatic carbocycles. The van der Waals surface area contributed by atoms with Crippen molar-refractivity contribution in [2.45, 2.75) is 44.1 Å². The van der Waals surface area contributed by atoms with Crippen LogP contribution in [-0.2, 0) is 0 Å². The number of hydrogen-bond donors (Lipinski definition) is 2. The van der Waals surface area contributed by atoms with E-state index < -0.39 is 0 Å². The van der Waals surface area contributed by atoms with Gasteiger partial charge in [-0.1, -0.05) is 43.2 Å². The van der Waals surface area contributed by atoms with Gasteiger partial charge in [0.05, 0.1) is 0 Å². The molecule has 0 aromatic heterocycles. The molecule has 17 heavy (non-hydrogen) atoms. The van der Waals surface area contributed by atoms with Crippen molar-refractivity contribution < 1.29 is 0 Å². The Morgan fingerprint density at radius 1 is 1.12 bits per heavy atom. The van der Waals surface area contributed by atoms with Crippen LogP contribution in [0.25, 0.3) is 0 Å². The van der Waals surface area contributed by atoms with Crippen LogP contribution in [0.5, 0.6) is 0 Å². The molecule has 0 spiro atoms. The zero-order chi connectivity index (χ0) is 11.7. The molecule has 1 aromatic carbocycles. The van der Waals surface area contributed by atoms with Crippen LogP contribution in [0.1, 0.15) is 43.6 Å². The third-order valence-corrected chi connectivity index (χ3v) is 4.63. The third-order valence-electron chi connectivity index (χ3n) is 4.63. The maximum Gasteiger partial charge on any atom is 0.0273 e. The summed E-state index contributed by atoms with van der Waals surface area (Å²) in [5.41, 5.74) is 4.60. The fraction of sp³-hybridized carbons (Fsp3) is 0.600. The summed E-state index contributed by atoms with van der Waals surface area (Å²) < 4.78 is 0. The second-order valence-corrected chi connectivity index (χ2v) is 5.65. The largest absolute Gasteiger partial charge is 0.271 e. The summed E-state index contributed by atoms with van der Waals surface area (Å²) in [6, 6.07) is 11.4. The summed E-state index contributed by atoms with van der Waals surface area (Å²) in [4.78, 5) is 0. The first-order valence-corrected chi connectivity index (χ1v) is 6.91. The van der Waals surface area contributed by atoms with E-state index in [2.05, 4.69) is 35.8 Å². The van der Waals surface area contributed by atoms with Gasteiger partial charge in [-0.3, -0.25) is 11.3 Å². The summed E-state index contributed by atoms with van der Waals surface area (Å²) in [6.07, 6.45) is 6.84. The average Bonchev–Trinajstić information content (AvgIpc) is 2.97. The Kier molecular flexibility index (Phi) is 3.17. The third kappa shape index (κ3) is 2.24. The highest BCUT2D eigenvalue weighted by atomic mass is 15.2. The number of hydrogen-bond acceptors (Lipinski definition) is 2. The first-order chi connectivity index (χ1) is 8.40. The number of hydrazine groups is 1. The Morgan fingerprint density at radius 2 is 1.82 bits per heavy atom. The molecule has 0 heterocycles.